The summed E-state index contributed by atoms with van der Waals surface area (Å²) in [7, 11) is 0. The van der Waals surface area contributed by atoms with Crippen LogP contribution in [0, 0.1) is 22.7 Å². The fourth-order valence-corrected chi connectivity index (χ4v) is 3.12. The van der Waals surface area contributed by atoms with Crippen LogP contribution in [0.2, 0.25) is 0 Å². The molecule has 1 aromatic rings. The van der Waals surface area contributed by atoms with E-state index in [1.165, 1.54) is 5.56 Å². The van der Waals surface area contributed by atoms with Crippen LogP contribution in [0.1, 0.15) is 39.7 Å². The Morgan fingerprint density at radius 3 is 2.65 bits per heavy atom. The molecule has 1 aliphatic heterocycles. The van der Waals surface area contributed by atoms with Crippen LogP contribution in [0.15, 0.2) is 24.3 Å². The number of nitriles is 1. The van der Waals surface area contributed by atoms with Crippen molar-refractivity contribution in [1.82, 2.24) is 5.32 Å². The van der Waals surface area contributed by atoms with Crippen molar-refractivity contribution < 1.29 is 9.47 Å². The van der Waals surface area contributed by atoms with Crippen LogP contribution in [0.5, 0.6) is 5.75 Å². The maximum absolute atomic E-state index is 8.75. The van der Waals surface area contributed by atoms with Gasteiger partial charge in [-0.05, 0) is 36.5 Å². The first kappa shape index (κ1) is 17.8. The highest BCUT2D eigenvalue weighted by molar-refractivity contribution is 5.27. The van der Waals surface area contributed by atoms with Crippen molar-refractivity contribution in [2.75, 3.05) is 13.2 Å². The normalized spacial score (nSPS) is 22.6. The van der Waals surface area contributed by atoms with E-state index in [-0.39, 0.29) is 5.41 Å². The zero-order valence-electron chi connectivity index (χ0n) is 14.6. The van der Waals surface area contributed by atoms with Crippen molar-refractivity contribution in [2.45, 2.75) is 52.9 Å². The molecule has 23 heavy (non-hydrogen) atoms. The Hall–Kier alpha value is -1.57. The molecule has 1 N–H and O–H groups in total. The number of ether oxygens (including phenoxy) is 2. The highest BCUT2D eigenvalue weighted by Gasteiger charge is 2.36. The molecular weight excluding hydrogens is 288 g/mol. The monoisotopic (exact) mass is 316 g/mol. The van der Waals surface area contributed by atoms with Gasteiger partial charge in [-0.2, -0.15) is 5.26 Å². The molecule has 1 aliphatic rings. The average Bonchev–Trinajstić information content (AvgIpc) is 2.97. The van der Waals surface area contributed by atoms with E-state index in [1.807, 2.05) is 24.3 Å². The first-order valence-electron chi connectivity index (χ1n) is 8.37. The van der Waals surface area contributed by atoms with E-state index in [0.29, 0.717) is 12.0 Å². The zero-order valence-corrected chi connectivity index (χ0v) is 14.6. The van der Waals surface area contributed by atoms with Gasteiger partial charge in [-0.15, -0.1) is 0 Å². The molecule has 4 heteroatoms. The Morgan fingerprint density at radius 1 is 1.35 bits per heavy atom. The summed E-state index contributed by atoms with van der Waals surface area (Å²) in [5.74, 6) is 1.31. The first-order valence-corrected chi connectivity index (χ1v) is 8.37. The third-order valence-electron chi connectivity index (χ3n) is 4.22. The van der Waals surface area contributed by atoms with Crippen LogP contribution in [-0.2, 0) is 11.3 Å². The first-order chi connectivity index (χ1) is 10.9. The number of hydrogen-bond acceptors (Lipinski definition) is 4. The molecule has 0 unspecified atom stereocenters. The molecule has 1 saturated heterocycles. The van der Waals surface area contributed by atoms with E-state index in [9.17, 15) is 0 Å². The number of rotatable bonds is 6. The van der Waals surface area contributed by atoms with E-state index < -0.39 is 6.10 Å². The summed E-state index contributed by atoms with van der Waals surface area (Å²) in [4.78, 5) is 0. The van der Waals surface area contributed by atoms with Crippen molar-refractivity contribution in [2.24, 2.45) is 11.3 Å². The smallest absolute Gasteiger partial charge is 0.181 e. The van der Waals surface area contributed by atoms with Gasteiger partial charge in [0, 0.05) is 25.6 Å². The third kappa shape index (κ3) is 5.23. The molecule has 0 saturated carbocycles. The quantitative estimate of drug-likeness (QED) is 0.872. The van der Waals surface area contributed by atoms with Gasteiger partial charge in [-0.25, -0.2) is 0 Å². The van der Waals surface area contributed by atoms with Gasteiger partial charge in [0.25, 0.3) is 0 Å². The van der Waals surface area contributed by atoms with Crippen molar-refractivity contribution in [3.63, 3.8) is 0 Å². The number of benzene rings is 1. The number of nitrogens with zero attached hydrogens (tertiary/aromatic N) is 1. The molecule has 0 aromatic heterocycles. The second-order valence-electron chi connectivity index (χ2n) is 7.37. The van der Waals surface area contributed by atoms with Crippen molar-refractivity contribution >= 4 is 0 Å². The summed E-state index contributed by atoms with van der Waals surface area (Å²) in [6.45, 7) is 11.2. The molecule has 126 valence electrons. The molecule has 0 bridgehead atoms. The number of hydrogen-bond donors (Lipinski definition) is 1. The van der Waals surface area contributed by atoms with E-state index in [1.54, 1.807) is 6.92 Å². The predicted octanol–water partition coefficient (Wildman–Crippen LogP) is 3.52. The minimum absolute atomic E-state index is 0.194. The predicted molar refractivity (Wildman–Crippen MR) is 91.2 cm³/mol. The van der Waals surface area contributed by atoms with Crippen molar-refractivity contribution in [3.8, 4) is 11.8 Å². The standard InChI is InChI=1S/C19H28N2O2/c1-14(11-20)23-17-7-5-15(6-8-17)12-21-13-16-9-10-22-18(16)19(2,3)4/h5-8,14,16,18,21H,9-10,12-13H2,1-4H3/t14-,16-,18+/m1/s1. The Morgan fingerprint density at radius 2 is 2.04 bits per heavy atom. The van der Waals surface area contributed by atoms with Gasteiger partial charge in [0.2, 0.25) is 0 Å². The van der Waals surface area contributed by atoms with Crippen LogP contribution in [0.4, 0.5) is 0 Å². The second kappa shape index (κ2) is 7.81. The van der Waals surface area contributed by atoms with Crippen LogP contribution in [0.3, 0.4) is 0 Å². The van der Waals surface area contributed by atoms with E-state index >= 15 is 0 Å². The lowest BCUT2D eigenvalue weighted by Crippen LogP contribution is -2.36. The lowest BCUT2D eigenvalue weighted by atomic mass is 9.81. The topological polar surface area (TPSA) is 54.3 Å². The summed E-state index contributed by atoms with van der Waals surface area (Å²) < 4.78 is 11.4. The molecule has 4 nitrogen and oxygen atoms in total. The fraction of sp³-hybridized carbons (Fsp3) is 0.632. The largest absolute Gasteiger partial charge is 0.476 e. The maximum Gasteiger partial charge on any atom is 0.181 e. The molecule has 0 radical (unpaired) electrons. The SMILES string of the molecule is C[C@H](C#N)Oc1ccc(CNC[C@H]2CCO[C@@H]2C(C)(C)C)cc1. The van der Waals surface area contributed by atoms with Crippen molar-refractivity contribution in [1.29, 1.82) is 5.26 Å². The van der Waals surface area contributed by atoms with E-state index in [2.05, 4.69) is 32.2 Å². The summed E-state index contributed by atoms with van der Waals surface area (Å²) >= 11 is 0. The van der Waals surface area contributed by atoms with Gasteiger partial charge in [0.1, 0.15) is 11.8 Å². The molecule has 1 fully saturated rings. The van der Waals surface area contributed by atoms with Crippen molar-refractivity contribution in [3.05, 3.63) is 29.8 Å². The third-order valence-corrected chi connectivity index (χ3v) is 4.22. The highest BCUT2D eigenvalue weighted by Crippen LogP contribution is 2.34. The van der Waals surface area contributed by atoms with Crippen LogP contribution < -0.4 is 10.1 Å². The fourth-order valence-electron chi connectivity index (χ4n) is 3.12. The highest BCUT2D eigenvalue weighted by atomic mass is 16.5. The summed E-state index contributed by atoms with van der Waals surface area (Å²) in [6, 6.07) is 9.98. The molecule has 3 atom stereocenters. The van der Waals surface area contributed by atoms with Gasteiger partial charge >= 0.3 is 0 Å². The lowest BCUT2D eigenvalue weighted by molar-refractivity contribution is 0.00721. The molecule has 1 aromatic carbocycles. The summed E-state index contributed by atoms with van der Waals surface area (Å²) in [6.07, 6.45) is 1.04. The van der Waals surface area contributed by atoms with E-state index in [0.717, 1.165) is 31.9 Å². The molecule has 0 aliphatic carbocycles. The number of nitrogens with one attached hydrogen (secondary N) is 1. The minimum Gasteiger partial charge on any atom is -0.476 e. The van der Waals surface area contributed by atoms with E-state index in [4.69, 9.17) is 14.7 Å². The lowest BCUT2D eigenvalue weighted by Gasteiger charge is -2.31. The van der Waals surface area contributed by atoms with Crippen LogP contribution in [0.25, 0.3) is 0 Å². The molecule has 2 rings (SSSR count). The Labute approximate surface area is 139 Å². The second-order valence-corrected chi connectivity index (χ2v) is 7.37. The van der Waals surface area contributed by atoms with Gasteiger partial charge < -0.3 is 14.8 Å². The minimum atomic E-state index is -0.421. The van der Waals surface area contributed by atoms with Gasteiger partial charge in [0.15, 0.2) is 6.10 Å². The molecule has 1 heterocycles. The molecule has 0 spiro atoms. The Bertz CT molecular complexity index is 528. The Kier molecular flexibility index (Phi) is 6.04. The summed E-state index contributed by atoms with van der Waals surface area (Å²) in [5, 5.41) is 12.3. The van der Waals surface area contributed by atoms with Gasteiger partial charge in [0.05, 0.1) is 6.10 Å². The average molecular weight is 316 g/mol. The van der Waals surface area contributed by atoms with Crippen LogP contribution >= 0.6 is 0 Å². The molecular formula is C19H28N2O2. The van der Waals surface area contributed by atoms with Crippen LogP contribution in [-0.4, -0.2) is 25.4 Å². The summed E-state index contributed by atoms with van der Waals surface area (Å²) in [5.41, 5.74) is 1.41. The molecule has 0 amide bonds. The van der Waals surface area contributed by atoms with Gasteiger partial charge in [-0.1, -0.05) is 32.9 Å². The van der Waals surface area contributed by atoms with Gasteiger partial charge in [-0.3, -0.25) is 0 Å². The Balaban J connectivity index is 1.79. The maximum atomic E-state index is 8.75. The zero-order chi connectivity index (χ0) is 16.9.